The zero-order valence-electron chi connectivity index (χ0n) is 13.4. The van der Waals surface area contributed by atoms with Gasteiger partial charge in [-0.15, -0.1) is 0 Å². The second-order valence-electron chi connectivity index (χ2n) is 5.11. The Morgan fingerprint density at radius 1 is 1.09 bits per heavy atom. The topological polar surface area (TPSA) is 55.4 Å². The van der Waals surface area contributed by atoms with Crippen molar-refractivity contribution >= 4 is 29.3 Å². The fourth-order valence-electron chi connectivity index (χ4n) is 2.11. The van der Waals surface area contributed by atoms with Crippen molar-refractivity contribution in [3.63, 3.8) is 0 Å². The van der Waals surface area contributed by atoms with Crippen LogP contribution in [0.5, 0.6) is 0 Å². The van der Waals surface area contributed by atoms with E-state index in [1.165, 1.54) is 12.7 Å². The van der Waals surface area contributed by atoms with Gasteiger partial charge in [0.25, 0.3) is 5.91 Å². The molecule has 2 aromatic carbocycles. The summed E-state index contributed by atoms with van der Waals surface area (Å²) in [7, 11) is 1.33. The molecular weight excluding hydrogens is 310 g/mol. The van der Waals surface area contributed by atoms with E-state index < -0.39 is 5.97 Å². The molecule has 0 fully saturated rings. The monoisotopic (exact) mass is 329 g/mol. The lowest BCUT2D eigenvalue weighted by Gasteiger charge is -2.10. The molecule has 0 atom stereocenters. The van der Waals surface area contributed by atoms with Gasteiger partial charge >= 0.3 is 5.97 Å². The van der Waals surface area contributed by atoms with Crippen LogP contribution in [0.1, 0.15) is 31.8 Å². The Hall–Kier alpha value is -2.27. The third-order valence-corrected chi connectivity index (χ3v) is 4.06. The van der Waals surface area contributed by atoms with Gasteiger partial charge in [-0.1, -0.05) is 18.2 Å². The van der Waals surface area contributed by atoms with Gasteiger partial charge < -0.3 is 10.1 Å². The highest BCUT2D eigenvalue weighted by molar-refractivity contribution is 7.97. The summed E-state index contributed by atoms with van der Waals surface area (Å²) >= 11 is 1.74. The Kier molecular flexibility index (Phi) is 5.82. The van der Waals surface area contributed by atoms with Crippen LogP contribution in [0.4, 0.5) is 5.69 Å². The Morgan fingerprint density at radius 3 is 2.35 bits per heavy atom. The Bertz CT molecular complexity index is 711. The van der Waals surface area contributed by atoms with Crippen LogP contribution >= 0.6 is 11.8 Å². The van der Waals surface area contributed by atoms with Crippen molar-refractivity contribution < 1.29 is 14.3 Å². The Balaban J connectivity index is 2.17. The smallest absolute Gasteiger partial charge is 0.337 e. The molecule has 2 aromatic rings. The molecule has 0 unspecified atom stereocenters. The lowest BCUT2D eigenvalue weighted by atomic mass is 10.1. The van der Waals surface area contributed by atoms with Crippen LogP contribution in [0.25, 0.3) is 0 Å². The van der Waals surface area contributed by atoms with Crippen LogP contribution in [0.15, 0.2) is 42.5 Å². The van der Waals surface area contributed by atoms with E-state index in [0.717, 1.165) is 11.3 Å². The molecule has 0 aliphatic heterocycles. The van der Waals surface area contributed by atoms with Gasteiger partial charge in [-0.2, -0.15) is 11.8 Å². The Morgan fingerprint density at radius 2 is 1.74 bits per heavy atom. The number of hydrogen-bond donors (Lipinski definition) is 1. The minimum absolute atomic E-state index is 0.203. The summed E-state index contributed by atoms with van der Waals surface area (Å²) in [5, 5.41) is 2.85. The molecule has 0 saturated carbocycles. The summed E-state index contributed by atoms with van der Waals surface area (Å²) in [5.41, 5.74) is 3.65. The summed E-state index contributed by atoms with van der Waals surface area (Å²) in [6, 6.07) is 12.6. The zero-order valence-corrected chi connectivity index (χ0v) is 14.2. The molecular formula is C18H19NO3S. The summed E-state index contributed by atoms with van der Waals surface area (Å²) < 4.78 is 4.70. The third kappa shape index (κ3) is 4.36. The maximum absolute atomic E-state index is 12.4. The summed E-state index contributed by atoms with van der Waals surface area (Å²) in [6.45, 7) is 1.87. The molecule has 0 aromatic heterocycles. The zero-order chi connectivity index (χ0) is 16.8. The van der Waals surface area contributed by atoms with Gasteiger partial charge in [0.15, 0.2) is 0 Å². The maximum atomic E-state index is 12.4. The van der Waals surface area contributed by atoms with Crippen molar-refractivity contribution in [1.82, 2.24) is 0 Å². The van der Waals surface area contributed by atoms with Gasteiger partial charge in [-0.25, -0.2) is 4.79 Å². The van der Waals surface area contributed by atoms with Crippen LogP contribution in [0.2, 0.25) is 0 Å². The summed E-state index contributed by atoms with van der Waals surface area (Å²) in [5.74, 6) is 0.287. The number of esters is 1. The normalized spacial score (nSPS) is 10.2. The van der Waals surface area contributed by atoms with E-state index in [-0.39, 0.29) is 5.91 Å². The van der Waals surface area contributed by atoms with E-state index in [2.05, 4.69) is 5.32 Å². The average Bonchev–Trinajstić information content (AvgIpc) is 2.57. The first-order chi connectivity index (χ1) is 11.0. The lowest BCUT2D eigenvalue weighted by molar-refractivity contribution is 0.0600. The quantitative estimate of drug-likeness (QED) is 0.845. The lowest BCUT2D eigenvalue weighted by Crippen LogP contribution is -2.13. The van der Waals surface area contributed by atoms with E-state index in [1.807, 2.05) is 25.3 Å². The fourth-order valence-corrected chi connectivity index (χ4v) is 2.64. The largest absolute Gasteiger partial charge is 0.465 e. The second-order valence-corrected chi connectivity index (χ2v) is 5.97. The van der Waals surface area contributed by atoms with Crippen LogP contribution in [-0.2, 0) is 10.5 Å². The minimum Gasteiger partial charge on any atom is -0.465 e. The van der Waals surface area contributed by atoms with Gasteiger partial charge in [0, 0.05) is 17.0 Å². The standard InChI is InChI=1S/C18H19NO3S/c1-12-4-7-15(18(21)22-2)10-16(12)19-17(20)14-8-5-13(6-9-14)11-23-3/h4-10H,11H2,1-3H3,(H,19,20). The van der Waals surface area contributed by atoms with E-state index in [4.69, 9.17) is 4.74 Å². The molecule has 0 radical (unpaired) electrons. The van der Waals surface area contributed by atoms with Crippen LogP contribution in [0.3, 0.4) is 0 Å². The summed E-state index contributed by atoms with van der Waals surface area (Å²) in [6.07, 6.45) is 2.04. The predicted molar refractivity (Wildman–Crippen MR) is 94.1 cm³/mol. The van der Waals surface area contributed by atoms with Crippen LogP contribution < -0.4 is 5.32 Å². The number of carbonyl (C=O) groups is 2. The first-order valence-corrected chi connectivity index (χ1v) is 8.52. The molecule has 0 saturated heterocycles. The van der Waals surface area contributed by atoms with Gasteiger partial charge in [-0.05, 0) is 48.6 Å². The van der Waals surface area contributed by atoms with E-state index in [0.29, 0.717) is 16.8 Å². The number of hydrogen-bond acceptors (Lipinski definition) is 4. The second kappa shape index (κ2) is 7.83. The highest BCUT2D eigenvalue weighted by Crippen LogP contribution is 2.19. The first-order valence-electron chi connectivity index (χ1n) is 7.13. The number of nitrogens with one attached hydrogen (secondary N) is 1. The van der Waals surface area contributed by atoms with Crippen LogP contribution in [-0.4, -0.2) is 25.2 Å². The number of benzene rings is 2. The molecule has 0 spiro atoms. The molecule has 5 heteroatoms. The highest BCUT2D eigenvalue weighted by atomic mass is 32.2. The molecule has 2 rings (SSSR count). The Labute approximate surface area is 140 Å². The number of anilines is 1. The molecule has 120 valence electrons. The minimum atomic E-state index is -0.429. The van der Waals surface area contributed by atoms with Crippen molar-refractivity contribution in [1.29, 1.82) is 0 Å². The molecule has 0 heterocycles. The van der Waals surface area contributed by atoms with Crippen LogP contribution in [0, 0.1) is 6.92 Å². The van der Waals surface area contributed by atoms with Gasteiger partial charge in [-0.3, -0.25) is 4.79 Å². The molecule has 0 bridgehead atoms. The molecule has 0 aliphatic carbocycles. The first kappa shape index (κ1) is 17.1. The SMILES string of the molecule is COC(=O)c1ccc(C)c(NC(=O)c2ccc(CSC)cc2)c1. The molecule has 23 heavy (non-hydrogen) atoms. The van der Waals surface area contributed by atoms with E-state index in [1.54, 1.807) is 42.1 Å². The maximum Gasteiger partial charge on any atom is 0.337 e. The number of methoxy groups -OCH3 is 1. The van der Waals surface area contributed by atoms with Crippen molar-refractivity contribution in [2.75, 3.05) is 18.7 Å². The number of amides is 1. The van der Waals surface area contributed by atoms with Gasteiger partial charge in [0.2, 0.25) is 0 Å². The average molecular weight is 329 g/mol. The van der Waals surface area contributed by atoms with Gasteiger partial charge in [0.05, 0.1) is 12.7 Å². The predicted octanol–water partition coefficient (Wildman–Crippen LogP) is 3.90. The molecule has 4 nitrogen and oxygen atoms in total. The van der Waals surface area contributed by atoms with Crippen molar-refractivity contribution in [2.45, 2.75) is 12.7 Å². The molecule has 1 amide bonds. The van der Waals surface area contributed by atoms with Crippen molar-refractivity contribution in [3.05, 3.63) is 64.7 Å². The third-order valence-electron chi connectivity index (χ3n) is 3.43. The van der Waals surface area contributed by atoms with E-state index in [9.17, 15) is 9.59 Å². The number of thioether (sulfide) groups is 1. The number of carbonyl (C=O) groups excluding carboxylic acids is 2. The molecule has 1 N–H and O–H groups in total. The van der Waals surface area contributed by atoms with Gasteiger partial charge in [0.1, 0.15) is 0 Å². The van der Waals surface area contributed by atoms with Crippen molar-refractivity contribution in [3.8, 4) is 0 Å². The fraction of sp³-hybridized carbons (Fsp3) is 0.222. The van der Waals surface area contributed by atoms with E-state index >= 15 is 0 Å². The van der Waals surface area contributed by atoms with Crippen molar-refractivity contribution in [2.24, 2.45) is 0 Å². The molecule has 0 aliphatic rings. The number of aryl methyl sites for hydroxylation is 1. The highest BCUT2D eigenvalue weighted by Gasteiger charge is 2.11. The summed E-state index contributed by atoms with van der Waals surface area (Å²) in [4.78, 5) is 23.9. The number of ether oxygens (including phenoxy) is 1. The number of rotatable bonds is 5.